The molecule has 0 saturated carbocycles. The molecule has 32 heavy (non-hydrogen) atoms. The maximum Gasteiger partial charge on any atom is 0.243 e. The van der Waals surface area contributed by atoms with E-state index in [0.29, 0.717) is 31.0 Å². The number of aryl methyl sites for hydroxylation is 1. The van der Waals surface area contributed by atoms with E-state index < -0.39 is 15.8 Å². The highest BCUT2D eigenvalue weighted by molar-refractivity contribution is 7.89. The van der Waals surface area contributed by atoms with Gasteiger partial charge in [-0.25, -0.2) is 12.8 Å². The number of carbonyl (C=O) groups is 1. The maximum absolute atomic E-state index is 13.1. The molecular weight excluding hydrogens is 453 g/mol. The first kappa shape index (κ1) is 23.0. The Hall–Kier alpha value is -2.16. The summed E-state index contributed by atoms with van der Waals surface area (Å²) in [5, 5.41) is 0.700. The summed E-state index contributed by atoms with van der Waals surface area (Å²) < 4.78 is 40.1. The lowest BCUT2D eigenvalue weighted by Gasteiger charge is -2.39. The monoisotopic (exact) mass is 479 g/mol. The number of piperazine rings is 1. The van der Waals surface area contributed by atoms with Gasteiger partial charge < -0.3 is 9.80 Å². The smallest absolute Gasteiger partial charge is 0.243 e. The number of amides is 1. The van der Waals surface area contributed by atoms with Crippen LogP contribution in [0.5, 0.6) is 0 Å². The Bertz CT molecular complexity index is 1080. The van der Waals surface area contributed by atoms with Crippen LogP contribution in [0.25, 0.3) is 0 Å². The zero-order chi connectivity index (χ0) is 22.9. The fourth-order valence-electron chi connectivity index (χ4n) is 4.45. The molecule has 0 radical (unpaired) electrons. The number of nitrogens with zero attached hydrogens (tertiary/aromatic N) is 3. The topological polar surface area (TPSA) is 60.9 Å². The second-order valence-corrected chi connectivity index (χ2v) is 10.7. The third kappa shape index (κ3) is 4.77. The van der Waals surface area contributed by atoms with Gasteiger partial charge in [0, 0.05) is 55.9 Å². The Morgan fingerprint density at radius 2 is 1.59 bits per heavy atom. The molecule has 2 saturated heterocycles. The molecule has 0 aliphatic carbocycles. The molecule has 9 heteroatoms. The van der Waals surface area contributed by atoms with Crippen LogP contribution in [0.15, 0.2) is 47.4 Å². The summed E-state index contributed by atoms with van der Waals surface area (Å²) >= 11 is 6.15. The molecule has 0 aromatic heterocycles. The van der Waals surface area contributed by atoms with Crippen LogP contribution in [0.4, 0.5) is 10.1 Å². The summed E-state index contributed by atoms with van der Waals surface area (Å²) in [6.07, 6.45) is 0.986. The predicted octanol–water partition coefficient (Wildman–Crippen LogP) is 3.54. The minimum Gasteiger partial charge on any atom is -0.368 e. The van der Waals surface area contributed by atoms with E-state index in [0.717, 1.165) is 36.5 Å². The molecule has 4 rings (SSSR count). The second-order valence-electron chi connectivity index (χ2n) is 8.38. The Kier molecular flexibility index (Phi) is 6.74. The van der Waals surface area contributed by atoms with Crippen molar-refractivity contribution in [2.45, 2.75) is 24.7 Å². The first-order chi connectivity index (χ1) is 15.3. The molecule has 0 N–H and O–H groups in total. The lowest BCUT2D eigenvalue weighted by molar-refractivity contribution is -0.137. The zero-order valence-corrected chi connectivity index (χ0v) is 19.6. The van der Waals surface area contributed by atoms with Crippen molar-refractivity contribution in [2.24, 2.45) is 5.92 Å². The van der Waals surface area contributed by atoms with Crippen LogP contribution < -0.4 is 4.90 Å². The van der Waals surface area contributed by atoms with Crippen molar-refractivity contribution in [2.75, 3.05) is 44.2 Å². The van der Waals surface area contributed by atoms with Crippen molar-refractivity contribution < 1.29 is 17.6 Å². The van der Waals surface area contributed by atoms with Gasteiger partial charge >= 0.3 is 0 Å². The fourth-order valence-corrected chi connectivity index (χ4v) is 6.08. The third-order valence-corrected chi connectivity index (χ3v) is 8.51. The molecule has 2 fully saturated rings. The van der Waals surface area contributed by atoms with E-state index in [1.807, 2.05) is 23.1 Å². The number of hydrogen-bond acceptors (Lipinski definition) is 4. The Labute approximate surface area is 193 Å². The van der Waals surface area contributed by atoms with Gasteiger partial charge in [-0.05, 0) is 61.7 Å². The van der Waals surface area contributed by atoms with Crippen molar-refractivity contribution in [1.29, 1.82) is 0 Å². The summed E-state index contributed by atoms with van der Waals surface area (Å²) in [5.74, 6) is -0.542. The Morgan fingerprint density at radius 1 is 0.969 bits per heavy atom. The molecule has 6 nitrogen and oxygen atoms in total. The lowest BCUT2D eigenvalue weighted by atomic mass is 9.96. The standard InChI is InChI=1S/C23H27ClFN3O3S/c1-17-2-3-19(24)16-22(17)26-12-14-27(15-13-26)23(29)18-8-10-28(11-9-18)32(30,31)21-6-4-20(25)5-7-21/h2-7,16,18H,8-15H2,1H3. The van der Waals surface area contributed by atoms with Gasteiger partial charge in [-0.2, -0.15) is 4.31 Å². The van der Waals surface area contributed by atoms with Crippen molar-refractivity contribution >= 4 is 33.2 Å². The minimum absolute atomic E-state index is 0.0797. The molecule has 2 heterocycles. The first-order valence-electron chi connectivity index (χ1n) is 10.8. The number of anilines is 1. The minimum atomic E-state index is -3.67. The number of piperidine rings is 1. The van der Waals surface area contributed by atoms with Crippen LogP contribution in [0, 0.1) is 18.7 Å². The van der Waals surface area contributed by atoms with E-state index in [2.05, 4.69) is 11.8 Å². The van der Waals surface area contributed by atoms with Gasteiger partial charge in [0.25, 0.3) is 0 Å². The quantitative estimate of drug-likeness (QED) is 0.673. The van der Waals surface area contributed by atoms with Crippen LogP contribution in [0.1, 0.15) is 18.4 Å². The second kappa shape index (κ2) is 9.37. The number of halogens is 2. The van der Waals surface area contributed by atoms with Crippen LogP contribution >= 0.6 is 11.6 Å². The maximum atomic E-state index is 13.1. The molecule has 0 atom stereocenters. The molecule has 2 aromatic rings. The van der Waals surface area contributed by atoms with E-state index in [9.17, 15) is 17.6 Å². The average molecular weight is 480 g/mol. The van der Waals surface area contributed by atoms with Gasteiger partial charge in [-0.1, -0.05) is 17.7 Å². The summed E-state index contributed by atoms with van der Waals surface area (Å²) in [4.78, 5) is 17.3. The normalized spacial score (nSPS) is 18.7. The highest BCUT2D eigenvalue weighted by Gasteiger charge is 2.34. The molecule has 1 amide bonds. The van der Waals surface area contributed by atoms with Gasteiger partial charge in [0.15, 0.2) is 0 Å². The van der Waals surface area contributed by atoms with Crippen LogP contribution in [0.2, 0.25) is 5.02 Å². The molecule has 2 aromatic carbocycles. The van der Waals surface area contributed by atoms with Crippen LogP contribution in [-0.4, -0.2) is 62.8 Å². The van der Waals surface area contributed by atoms with Gasteiger partial charge in [-0.3, -0.25) is 4.79 Å². The number of carbonyl (C=O) groups excluding carboxylic acids is 1. The molecule has 172 valence electrons. The summed E-state index contributed by atoms with van der Waals surface area (Å²) in [6, 6.07) is 10.7. The number of benzene rings is 2. The average Bonchev–Trinajstić information content (AvgIpc) is 2.81. The van der Waals surface area contributed by atoms with E-state index in [-0.39, 0.29) is 29.8 Å². The Balaban J connectivity index is 1.32. The predicted molar refractivity (Wildman–Crippen MR) is 123 cm³/mol. The molecule has 2 aliphatic heterocycles. The van der Waals surface area contributed by atoms with Crippen molar-refractivity contribution in [1.82, 2.24) is 9.21 Å². The van der Waals surface area contributed by atoms with E-state index in [1.165, 1.54) is 16.4 Å². The molecule has 0 spiro atoms. The summed E-state index contributed by atoms with van der Waals surface area (Å²) in [7, 11) is -3.67. The highest BCUT2D eigenvalue weighted by Crippen LogP contribution is 2.28. The van der Waals surface area contributed by atoms with Crippen LogP contribution in [0.3, 0.4) is 0 Å². The van der Waals surface area contributed by atoms with E-state index in [4.69, 9.17) is 11.6 Å². The summed E-state index contributed by atoms with van der Waals surface area (Å²) in [6.45, 7) is 5.39. The third-order valence-electron chi connectivity index (χ3n) is 6.36. The van der Waals surface area contributed by atoms with Crippen LogP contribution in [-0.2, 0) is 14.8 Å². The molecule has 0 unspecified atom stereocenters. The zero-order valence-electron chi connectivity index (χ0n) is 18.0. The number of sulfonamides is 1. The lowest BCUT2D eigenvalue weighted by Crippen LogP contribution is -2.52. The summed E-state index contributed by atoms with van der Waals surface area (Å²) in [5.41, 5.74) is 2.26. The van der Waals surface area contributed by atoms with Gasteiger partial charge in [0.1, 0.15) is 5.82 Å². The first-order valence-corrected chi connectivity index (χ1v) is 12.6. The largest absolute Gasteiger partial charge is 0.368 e. The SMILES string of the molecule is Cc1ccc(Cl)cc1N1CCN(C(=O)C2CCN(S(=O)(=O)c3ccc(F)cc3)CC2)CC1. The van der Waals surface area contributed by atoms with Crippen molar-refractivity contribution in [3.05, 3.63) is 58.9 Å². The van der Waals surface area contributed by atoms with E-state index >= 15 is 0 Å². The molecular formula is C23H27ClFN3O3S. The van der Waals surface area contributed by atoms with Crippen molar-refractivity contribution in [3.63, 3.8) is 0 Å². The molecule has 2 aliphatic rings. The van der Waals surface area contributed by atoms with Gasteiger partial charge in [0.2, 0.25) is 15.9 Å². The van der Waals surface area contributed by atoms with Crippen molar-refractivity contribution in [3.8, 4) is 0 Å². The molecule has 0 bridgehead atoms. The van der Waals surface area contributed by atoms with E-state index in [1.54, 1.807) is 0 Å². The fraction of sp³-hybridized carbons (Fsp3) is 0.435. The number of hydrogen-bond donors (Lipinski definition) is 0. The highest BCUT2D eigenvalue weighted by atomic mass is 35.5. The van der Waals surface area contributed by atoms with Gasteiger partial charge in [0.05, 0.1) is 4.90 Å². The number of rotatable bonds is 4. The Morgan fingerprint density at radius 3 is 2.22 bits per heavy atom. The van der Waals surface area contributed by atoms with Gasteiger partial charge in [-0.15, -0.1) is 0 Å².